The summed E-state index contributed by atoms with van der Waals surface area (Å²) in [6.45, 7) is 8.75. The number of allylic oxidation sites excluding steroid dienone is 2. The number of nitrogens with zero attached hydrogens (tertiary/aromatic N) is 2. The quantitative estimate of drug-likeness (QED) is 0.0400. The molecule has 2 rings (SSSR count). The first-order valence-corrected chi connectivity index (χ1v) is 14.5. The molecule has 38 heavy (non-hydrogen) atoms. The van der Waals surface area contributed by atoms with Gasteiger partial charge in [-0.2, -0.15) is 0 Å². The minimum absolute atomic E-state index is 0. The number of aryl methyl sites for hydroxylation is 2. The molecule has 206 valence electrons. The van der Waals surface area contributed by atoms with Gasteiger partial charge in [-0.05, 0) is 55.7 Å². The maximum Gasteiger partial charge on any atom is 0.304 e. The third-order valence-corrected chi connectivity index (χ3v) is 6.70. The smallest absolute Gasteiger partial charge is 0.304 e. The number of hydrogen-bond acceptors (Lipinski definition) is 0. The van der Waals surface area contributed by atoms with Crippen molar-refractivity contribution < 1.29 is 21.3 Å². The van der Waals surface area contributed by atoms with Crippen LogP contribution in [-0.2, 0) is 22.9 Å². The second kappa shape index (κ2) is 20.4. The molecule has 0 atom stereocenters. The average molecular weight is 553 g/mol. The molecule has 0 fully saturated rings. The van der Waals surface area contributed by atoms with E-state index in [0.29, 0.717) is 0 Å². The fourth-order valence-corrected chi connectivity index (χ4v) is 4.66. The third kappa shape index (κ3) is 11.8. The molecule has 0 aliphatic heterocycles. The molecule has 0 saturated heterocycles. The van der Waals surface area contributed by atoms with Gasteiger partial charge in [0.05, 0.1) is 11.1 Å². The molecule has 2 aromatic rings. The number of hydrogen-bond donors (Lipinski definition) is 0. The first-order valence-electron chi connectivity index (χ1n) is 14.5. The topological polar surface area (TPSA) is 36.4 Å². The van der Waals surface area contributed by atoms with Gasteiger partial charge in [-0.15, -0.1) is 4.79 Å². The van der Waals surface area contributed by atoms with Crippen LogP contribution in [0.1, 0.15) is 120 Å². The van der Waals surface area contributed by atoms with Crippen LogP contribution in [0.3, 0.4) is 0 Å². The van der Waals surface area contributed by atoms with Crippen molar-refractivity contribution in [2.45, 2.75) is 111 Å². The van der Waals surface area contributed by atoms with Gasteiger partial charge in [-0.25, -0.2) is 0 Å². The Morgan fingerprint density at radius 3 is 2.13 bits per heavy atom. The molecule has 0 bridgehead atoms. The molecule has 2 aromatic carbocycles. The molecule has 0 heterocycles. The van der Waals surface area contributed by atoms with Gasteiger partial charge in [-0.1, -0.05) is 132 Å². The van der Waals surface area contributed by atoms with Crippen LogP contribution in [0, 0.1) is 18.8 Å². The summed E-state index contributed by atoms with van der Waals surface area (Å²) in [6, 6.07) is 17.6. The molecule has 0 aliphatic carbocycles. The zero-order chi connectivity index (χ0) is 26.7. The Balaban J connectivity index is 0.00000722. The number of benzene rings is 2. The van der Waals surface area contributed by atoms with Crippen molar-refractivity contribution in [2.24, 2.45) is 0 Å². The molecule has 0 N–H and O–H groups in total. The predicted octanol–water partition coefficient (Wildman–Crippen LogP) is 9.91. The fraction of sp³-hybridized carbons (Fsp3) is 0.486. The van der Waals surface area contributed by atoms with E-state index < -0.39 is 0 Å². The maximum atomic E-state index is 9.52. The van der Waals surface area contributed by atoms with Gasteiger partial charge in [0, 0.05) is 28.5 Å². The molecule has 3 heteroatoms. The van der Waals surface area contributed by atoms with Crippen LogP contribution >= 0.6 is 0 Å². The van der Waals surface area contributed by atoms with Crippen LogP contribution < -0.4 is 0 Å². The summed E-state index contributed by atoms with van der Waals surface area (Å²) < 4.78 is 0. The molecule has 2 nitrogen and oxygen atoms in total. The summed E-state index contributed by atoms with van der Waals surface area (Å²) in [5.74, 6) is 9.79. The summed E-state index contributed by atoms with van der Waals surface area (Å²) >= 11 is 0. The second-order valence-corrected chi connectivity index (χ2v) is 10.0. The van der Waals surface area contributed by atoms with E-state index >= 15 is 0 Å². The summed E-state index contributed by atoms with van der Waals surface area (Å²) in [5, 5.41) is 0. The van der Waals surface area contributed by atoms with Crippen LogP contribution in [0.25, 0.3) is 11.1 Å². The summed E-state index contributed by atoms with van der Waals surface area (Å²) in [7, 11) is 0. The van der Waals surface area contributed by atoms with Crippen molar-refractivity contribution in [3.05, 3.63) is 87.5 Å². The Bertz CT molecular complexity index is 1150. The Morgan fingerprint density at radius 2 is 1.45 bits per heavy atom. The summed E-state index contributed by atoms with van der Waals surface area (Å²) in [6.07, 6.45) is 14.8. The van der Waals surface area contributed by atoms with Crippen molar-refractivity contribution >= 4 is 11.4 Å². The van der Waals surface area contributed by atoms with Gasteiger partial charge < -0.3 is 5.53 Å². The minimum atomic E-state index is 0. The predicted molar refractivity (Wildman–Crippen MR) is 160 cm³/mol. The molecule has 0 saturated carbocycles. The standard InChI is InChI=1S/C35H46N2.Ni/c1-5-8-11-12-13-16-20-30-21-18-24-32(27-30)35(31-23-17-19-29(4)26-31)34(25-15-10-7-3)33(28-37-36)22-14-9-6-2;/h17-19,21,23-24,26-27H,5-14,16,20,22H2,1-4H3;. The molecule has 0 unspecified atom stereocenters. The summed E-state index contributed by atoms with van der Waals surface area (Å²) in [5.41, 5.74) is 17.3. The normalized spacial score (nSPS) is 10.8. The largest absolute Gasteiger partial charge is 0.348 e. The molecule has 0 aliphatic rings. The maximum absolute atomic E-state index is 9.52. The SMILES string of the molecule is CCCC#CC(C(=C=[N+]=[N-])CCCCC)=C(c1cccc(C)c1)c1cccc(CCCCCCCC)c1.[Ni]. The average Bonchev–Trinajstić information content (AvgIpc) is 2.90. The van der Waals surface area contributed by atoms with Gasteiger partial charge >= 0.3 is 5.87 Å². The van der Waals surface area contributed by atoms with Crippen molar-refractivity contribution in [1.29, 1.82) is 0 Å². The van der Waals surface area contributed by atoms with Crippen molar-refractivity contribution in [2.75, 3.05) is 0 Å². The van der Waals surface area contributed by atoms with Gasteiger partial charge in [0.25, 0.3) is 0 Å². The zero-order valence-corrected chi connectivity index (χ0v) is 25.0. The number of rotatable bonds is 15. The van der Waals surface area contributed by atoms with E-state index in [4.69, 9.17) is 0 Å². The fourth-order valence-electron chi connectivity index (χ4n) is 4.66. The van der Waals surface area contributed by atoms with Crippen LogP contribution in [0.5, 0.6) is 0 Å². The van der Waals surface area contributed by atoms with Gasteiger partial charge in [-0.3, -0.25) is 0 Å². The molecule has 0 spiro atoms. The van der Waals surface area contributed by atoms with Crippen LogP contribution in [0.15, 0.2) is 59.7 Å². The van der Waals surface area contributed by atoms with Gasteiger partial charge in [0.15, 0.2) is 0 Å². The first kappa shape index (κ1) is 33.4. The second-order valence-electron chi connectivity index (χ2n) is 10.0. The van der Waals surface area contributed by atoms with E-state index in [1.807, 2.05) is 0 Å². The zero-order valence-electron chi connectivity index (χ0n) is 24.0. The van der Waals surface area contributed by atoms with E-state index in [9.17, 15) is 5.53 Å². The summed E-state index contributed by atoms with van der Waals surface area (Å²) in [4.78, 5) is 3.35. The van der Waals surface area contributed by atoms with Crippen molar-refractivity contribution in [1.82, 2.24) is 0 Å². The monoisotopic (exact) mass is 552 g/mol. The van der Waals surface area contributed by atoms with Crippen molar-refractivity contribution in [3.63, 3.8) is 0 Å². The Hall–Kier alpha value is -2.61. The third-order valence-electron chi connectivity index (χ3n) is 6.70. The Kier molecular flexibility index (Phi) is 17.9. The van der Waals surface area contributed by atoms with E-state index in [2.05, 4.69) is 98.7 Å². The molecular weight excluding hydrogens is 507 g/mol. The Morgan fingerprint density at radius 1 is 0.789 bits per heavy atom. The van der Waals surface area contributed by atoms with E-state index in [0.717, 1.165) is 67.2 Å². The molecule has 0 radical (unpaired) electrons. The van der Waals surface area contributed by atoms with Gasteiger partial charge in [0.1, 0.15) is 0 Å². The number of unbranched alkanes of at least 4 members (excludes halogenated alkanes) is 8. The Labute approximate surface area is 242 Å². The van der Waals surface area contributed by atoms with Crippen LogP contribution in [-0.4, -0.2) is 10.7 Å². The van der Waals surface area contributed by atoms with E-state index in [1.165, 1.54) is 55.2 Å². The van der Waals surface area contributed by atoms with Crippen LogP contribution in [0.2, 0.25) is 0 Å². The molecular formula is C35H46N2Ni. The van der Waals surface area contributed by atoms with E-state index in [1.54, 1.807) is 0 Å². The molecule has 0 amide bonds. The van der Waals surface area contributed by atoms with Crippen molar-refractivity contribution in [3.8, 4) is 11.8 Å². The van der Waals surface area contributed by atoms with Gasteiger partial charge in [0.2, 0.25) is 0 Å². The van der Waals surface area contributed by atoms with E-state index in [-0.39, 0.29) is 16.5 Å². The first-order chi connectivity index (χ1) is 18.1. The molecule has 0 aromatic heterocycles. The van der Waals surface area contributed by atoms with Crippen LogP contribution in [0.4, 0.5) is 0 Å². The minimum Gasteiger partial charge on any atom is -0.348 e.